The molecule has 4 aromatic rings. The summed E-state index contributed by atoms with van der Waals surface area (Å²) in [5.41, 5.74) is 8.11. The smallest absolute Gasteiger partial charge is 0.00241 e. The van der Waals surface area contributed by atoms with Crippen LogP contribution in [-0.2, 0) is 0 Å². The maximum Gasteiger partial charge on any atom is 0.00241 e. The molecule has 4 aromatic carbocycles. The molecule has 0 radical (unpaired) electrons. The Morgan fingerprint density at radius 2 is 1.38 bits per heavy atom. The van der Waals surface area contributed by atoms with Gasteiger partial charge in [-0.3, -0.25) is 0 Å². The molecule has 1 unspecified atom stereocenters. The molecule has 4 rings (SSSR count). The minimum absolute atomic E-state index is 0.447. The normalized spacial score (nSPS) is 12.8. The van der Waals surface area contributed by atoms with Gasteiger partial charge in [-0.15, -0.1) is 0 Å². The van der Waals surface area contributed by atoms with E-state index in [1.54, 1.807) is 0 Å². The van der Waals surface area contributed by atoms with Gasteiger partial charge >= 0.3 is 0 Å². The van der Waals surface area contributed by atoms with Crippen molar-refractivity contribution in [2.24, 2.45) is 0 Å². The Labute approximate surface area is 193 Å². The summed E-state index contributed by atoms with van der Waals surface area (Å²) in [6.07, 6.45) is 7.16. The molecule has 0 nitrogen and oxygen atoms in total. The van der Waals surface area contributed by atoms with Crippen molar-refractivity contribution in [1.82, 2.24) is 0 Å². The molecule has 0 heterocycles. The number of allylic oxidation sites excluding steroid dienone is 2. The van der Waals surface area contributed by atoms with E-state index in [0.717, 1.165) is 12.8 Å². The summed E-state index contributed by atoms with van der Waals surface area (Å²) in [5.74, 6) is 0.447. The Hall–Kier alpha value is -3.12. The average molecular weight is 419 g/mol. The summed E-state index contributed by atoms with van der Waals surface area (Å²) < 4.78 is 0. The van der Waals surface area contributed by atoms with E-state index < -0.39 is 0 Å². The fourth-order valence-electron chi connectivity index (χ4n) is 4.55. The molecule has 0 amide bonds. The molecule has 0 aliphatic rings. The molecule has 0 saturated carbocycles. The lowest BCUT2D eigenvalue weighted by molar-refractivity contribution is 0.717. The number of aryl methyl sites for hydroxylation is 1. The predicted octanol–water partition coefficient (Wildman–Crippen LogP) is 9.58. The van der Waals surface area contributed by atoms with Gasteiger partial charge in [0.25, 0.3) is 0 Å². The third-order valence-corrected chi connectivity index (χ3v) is 6.36. The van der Waals surface area contributed by atoms with Crippen LogP contribution in [0.4, 0.5) is 0 Å². The monoisotopic (exact) mass is 418 g/mol. The van der Waals surface area contributed by atoms with Gasteiger partial charge in [0, 0.05) is 5.92 Å². The van der Waals surface area contributed by atoms with E-state index in [9.17, 15) is 0 Å². The molecule has 0 aliphatic heterocycles. The lowest BCUT2D eigenvalue weighted by atomic mass is 9.88. The maximum atomic E-state index is 2.54. The Kier molecular flexibility index (Phi) is 7.22. The molecule has 0 aliphatic carbocycles. The minimum atomic E-state index is 0.447. The van der Waals surface area contributed by atoms with Crippen LogP contribution in [0.1, 0.15) is 62.1 Å². The van der Waals surface area contributed by atoms with E-state index >= 15 is 0 Å². The van der Waals surface area contributed by atoms with Crippen molar-refractivity contribution in [2.75, 3.05) is 0 Å². The lowest BCUT2D eigenvalue weighted by Crippen LogP contribution is -1.98. The number of hydrogen-bond donors (Lipinski definition) is 0. The molecule has 162 valence electrons. The van der Waals surface area contributed by atoms with E-state index in [1.807, 2.05) is 0 Å². The first-order valence-corrected chi connectivity index (χ1v) is 12.0. The predicted molar refractivity (Wildman–Crippen MR) is 141 cm³/mol. The number of rotatable bonds is 8. The highest BCUT2D eigenvalue weighted by atomic mass is 14.2. The molecule has 0 fully saturated rings. The summed E-state index contributed by atoms with van der Waals surface area (Å²) in [6.45, 7) is 6.70. The van der Waals surface area contributed by atoms with Crippen molar-refractivity contribution in [2.45, 2.75) is 52.4 Å². The summed E-state index contributed by atoms with van der Waals surface area (Å²) in [6, 6.07) is 33.6. The molecule has 0 spiro atoms. The Bertz CT molecular complexity index is 1180. The van der Waals surface area contributed by atoms with Gasteiger partial charge in [0.15, 0.2) is 0 Å². The minimum Gasteiger partial charge on any atom is -0.0732 e. The molecule has 0 aromatic heterocycles. The van der Waals surface area contributed by atoms with Crippen LogP contribution in [-0.4, -0.2) is 0 Å². The van der Waals surface area contributed by atoms with Gasteiger partial charge in [0.2, 0.25) is 0 Å². The Morgan fingerprint density at radius 1 is 0.719 bits per heavy atom. The lowest BCUT2D eigenvalue weighted by Gasteiger charge is -2.17. The van der Waals surface area contributed by atoms with Crippen LogP contribution in [0.5, 0.6) is 0 Å². The third-order valence-electron chi connectivity index (χ3n) is 6.36. The first-order chi connectivity index (χ1) is 15.7. The number of fused-ring (bicyclic) bond motifs is 1. The summed E-state index contributed by atoms with van der Waals surface area (Å²) in [7, 11) is 0. The van der Waals surface area contributed by atoms with Crippen LogP contribution in [0, 0.1) is 6.92 Å². The second-order valence-corrected chi connectivity index (χ2v) is 8.89. The van der Waals surface area contributed by atoms with Gasteiger partial charge in [0.05, 0.1) is 0 Å². The van der Waals surface area contributed by atoms with Gasteiger partial charge in [-0.1, -0.05) is 129 Å². The summed E-state index contributed by atoms with van der Waals surface area (Å²) in [4.78, 5) is 0. The van der Waals surface area contributed by atoms with Crippen LogP contribution in [0.15, 0.2) is 97.1 Å². The highest BCUT2D eigenvalue weighted by molar-refractivity contribution is 5.83. The average Bonchev–Trinajstić information content (AvgIpc) is 2.83. The zero-order chi connectivity index (χ0) is 22.3. The molecular weight excluding hydrogens is 384 g/mol. The Morgan fingerprint density at radius 3 is 2.03 bits per heavy atom. The van der Waals surface area contributed by atoms with Gasteiger partial charge in [0.1, 0.15) is 0 Å². The molecule has 0 heteroatoms. The van der Waals surface area contributed by atoms with Crippen molar-refractivity contribution < 1.29 is 0 Å². The molecule has 0 N–H and O–H groups in total. The molecule has 1 atom stereocenters. The van der Waals surface area contributed by atoms with Crippen molar-refractivity contribution >= 4 is 16.3 Å². The zero-order valence-electron chi connectivity index (χ0n) is 19.6. The van der Waals surface area contributed by atoms with E-state index in [0.29, 0.717) is 5.92 Å². The van der Waals surface area contributed by atoms with Crippen molar-refractivity contribution in [3.8, 4) is 11.1 Å². The van der Waals surface area contributed by atoms with Crippen LogP contribution in [0.25, 0.3) is 27.5 Å². The second-order valence-electron chi connectivity index (χ2n) is 8.89. The standard InChI is InChI=1S/C32H34/c1-4-8-29(28-18-16-27(17-19-28)26-14-12-24(3)13-15-26)22-30(9-5-2)32-21-20-25-10-6-7-11-31(25)23-32/h6-7,10-23,30H,4-5,8-9H2,1-3H3/b29-22+. The van der Waals surface area contributed by atoms with Crippen LogP contribution in [0.2, 0.25) is 0 Å². The molecule has 32 heavy (non-hydrogen) atoms. The topological polar surface area (TPSA) is 0 Å². The van der Waals surface area contributed by atoms with Gasteiger partial charge in [-0.05, 0) is 58.4 Å². The third kappa shape index (κ3) is 5.19. The van der Waals surface area contributed by atoms with E-state index in [-0.39, 0.29) is 0 Å². The number of hydrogen-bond acceptors (Lipinski definition) is 0. The van der Waals surface area contributed by atoms with Gasteiger partial charge in [-0.2, -0.15) is 0 Å². The van der Waals surface area contributed by atoms with E-state index in [2.05, 4.69) is 118 Å². The first kappa shape index (κ1) is 22.1. The highest BCUT2D eigenvalue weighted by Gasteiger charge is 2.12. The van der Waals surface area contributed by atoms with Crippen LogP contribution >= 0.6 is 0 Å². The van der Waals surface area contributed by atoms with E-state index in [1.165, 1.54) is 57.0 Å². The molecule has 0 bridgehead atoms. The van der Waals surface area contributed by atoms with Crippen LogP contribution < -0.4 is 0 Å². The fourth-order valence-corrected chi connectivity index (χ4v) is 4.55. The summed E-state index contributed by atoms with van der Waals surface area (Å²) in [5, 5.41) is 2.65. The van der Waals surface area contributed by atoms with Crippen LogP contribution in [0.3, 0.4) is 0 Å². The molecule has 0 saturated heterocycles. The SMILES string of the molecule is CCC/C(=C\C(CCC)c1ccc2ccccc2c1)c1ccc(-c2ccc(C)cc2)cc1. The first-order valence-electron chi connectivity index (χ1n) is 12.0. The quantitative estimate of drug-likeness (QED) is 0.267. The van der Waals surface area contributed by atoms with Crippen molar-refractivity contribution in [3.05, 3.63) is 114 Å². The van der Waals surface area contributed by atoms with Gasteiger partial charge in [-0.25, -0.2) is 0 Å². The zero-order valence-corrected chi connectivity index (χ0v) is 19.6. The highest BCUT2D eigenvalue weighted by Crippen LogP contribution is 2.32. The van der Waals surface area contributed by atoms with Gasteiger partial charge < -0.3 is 0 Å². The molecular formula is C32H34. The van der Waals surface area contributed by atoms with E-state index in [4.69, 9.17) is 0 Å². The van der Waals surface area contributed by atoms with Crippen molar-refractivity contribution in [3.63, 3.8) is 0 Å². The maximum absolute atomic E-state index is 2.54. The fraction of sp³-hybridized carbons (Fsp3) is 0.250. The second kappa shape index (κ2) is 10.5. The Balaban J connectivity index is 1.66. The van der Waals surface area contributed by atoms with Crippen molar-refractivity contribution in [1.29, 1.82) is 0 Å². The summed E-state index contributed by atoms with van der Waals surface area (Å²) >= 11 is 0. The number of benzene rings is 4. The largest absolute Gasteiger partial charge is 0.0732 e.